The third kappa shape index (κ3) is 1.93. The van der Waals surface area contributed by atoms with Crippen LogP contribution in [0.3, 0.4) is 0 Å². The molecular formula is C14H11FN3. The molecule has 0 atom stereocenters. The maximum atomic E-state index is 13.1. The number of hydrogen-bond acceptors (Lipinski definition) is 1. The molecule has 0 saturated carbocycles. The molecular weight excluding hydrogens is 229 g/mol. The molecule has 18 heavy (non-hydrogen) atoms. The SMILES string of the molecule is [NH]c1ccc2c(cnn2Cc2cccc(F)c2)c1. The van der Waals surface area contributed by atoms with Gasteiger partial charge >= 0.3 is 0 Å². The van der Waals surface area contributed by atoms with Crippen molar-refractivity contribution in [3.63, 3.8) is 0 Å². The molecule has 1 aromatic heterocycles. The van der Waals surface area contributed by atoms with Crippen molar-refractivity contribution in [2.24, 2.45) is 0 Å². The lowest BCUT2D eigenvalue weighted by Crippen LogP contribution is -2.01. The zero-order chi connectivity index (χ0) is 12.5. The fraction of sp³-hybridized carbons (Fsp3) is 0.0714. The Morgan fingerprint density at radius 3 is 2.89 bits per heavy atom. The molecule has 0 aliphatic heterocycles. The molecule has 1 heterocycles. The molecule has 89 valence electrons. The van der Waals surface area contributed by atoms with Crippen molar-refractivity contribution >= 4 is 16.6 Å². The van der Waals surface area contributed by atoms with E-state index in [0.717, 1.165) is 16.5 Å². The van der Waals surface area contributed by atoms with Gasteiger partial charge < -0.3 is 5.73 Å². The number of benzene rings is 2. The van der Waals surface area contributed by atoms with Gasteiger partial charge in [0, 0.05) is 5.39 Å². The molecule has 3 rings (SSSR count). The summed E-state index contributed by atoms with van der Waals surface area (Å²) in [6.45, 7) is 0.526. The zero-order valence-corrected chi connectivity index (χ0v) is 9.60. The van der Waals surface area contributed by atoms with Gasteiger partial charge in [-0.1, -0.05) is 12.1 Å². The molecule has 2 aromatic carbocycles. The number of hydrogen-bond donors (Lipinski definition) is 0. The summed E-state index contributed by atoms with van der Waals surface area (Å²) in [5.41, 5.74) is 9.84. The zero-order valence-electron chi connectivity index (χ0n) is 9.60. The fourth-order valence-electron chi connectivity index (χ4n) is 2.02. The van der Waals surface area contributed by atoms with Crippen LogP contribution in [0.5, 0.6) is 0 Å². The van der Waals surface area contributed by atoms with Crippen molar-refractivity contribution in [2.75, 3.05) is 0 Å². The molecule has 0 saturated heterocycles. The number of fused-ring (bicyclic) bond motifs is 1. The number of halogens is 1. The summed E-state index contributed by atoms with van der Waals surface area (Å²) in [5.74, 6) is -0.239. The summed E-state index contributed by atoms with van der Waals surface area (Å²) in [6.07, 6.45) is 1.73. The van der Waals surface area contributed by atoms with Crippen LogP contribution in [-0.4, -0.2) is 9.78 Å². The van der Waals surface area contributed by atoms with Crippen LogP contribution >= 0.6 is 0 Å². The van der Waals surface area contributed by atoms with Crippen molar-refractivity contribution in [1.82, 2.24) is 15.5 Å². The van der Waals surface area contributed by atoms with Gasteiger partial charge in [0.25, 0.3) is 0 Å². The Bertz CT molecular complexity index is 703. The first-order chi connectivity index (χ1) is 8.72. The van der Waals surface area contributed by atoms with Crippen LogP contribution in [0.4, 0.5) is 10.1 Å². The Balaban J connectivity index is 2.00. The maximum Gasteiger partial charge on any atom is 0.123 e. The van der Waals surface area contributed by atoms with Crippen molar-refractivity contribution in [2.45, 2.75) is 6.54 Å². The smallest absolute Gasteiger partial charge is 0.123 e. The highest BCUT2D eigenvalue weighted by Crippen LogP contribution is 2.18. The summed E-state index contributed by atoms with van der Waals surface area (Å²) in [4.78, 5) is 0. The first-order valence-electron chi connectivity index (χ1n) is 5.64. The van der Waals surface area contributed by atoms with Gasteiger partial charge in [-0.25, -0.2) is 4.39 Å². The summed E-state index contributed by atoms with van der Waals surface area (Å²) in [5, 5.41) is 5.20. The highest BCUT2D eigenvalue weighted by Gasteiger charge is 2.04. The topological polar surface area (TPSA) is 41.6 Å². The highest BCUT2D eigenvalue weighted by atomic mass is 19.1. The standard InChI is InChI=1S/C14H11FN3/c15-12-3-1-2-10(6-12)9-18-14-5-4-13(16)7-11(14)8-17-18/h1-8,16H,9H2. The Morgan fingerprint density at radius 1 is 1.17 bits per heavy atom. The number of rotatable bonds is 2. The second-order valence-corrected chi connectivity index (χ2v) is 4.21. The molecule has 0 aliphatic carbocycles. The summed E-state index contributed by atoms with van der Waals surface area (Å²) >= 11 is 0. The second-order valence-electron chi connectivity index (χ2n) is 4.21. The molecule has 0 unspecified atom stereocenters. The van der Waals surface area contributed by atoms with Gasteiger partial charge in [0.2, 0.25) is 0 Å². The molecule has 0 amide bonds. The van der Waals surface area contributed by atoms with Crippen molar-refractivity contribution in [3.8, 4) is 0 Å². The highest BCUT2D eigenvalue weighted by molar-refractivity contribution is 5.81. The average Bonchev–Trinajstić information content (AvgIpc) is 2.72. The van der Waals surface area contributed by atoms with E-state index in [2.05, 4.69) is 5.10 Å². The van der Waals surface area contributed by atoms with Crippen LogP contribution in [0, 0.1) is 5.82 Å². The number of aromatic nitrogens is 2. The third-order valence-corrected chi connectivity index (χ3v) is 2.86. The lowest BCUT2D eigenvalue weighted by molar-refractivity contribution is 0.621. The minimum atomic E-state index is -0.239. The number of nitrogens with one attached hydrogen (secondary N) is 1. The Morgan fingerprint density at radius 2 is 2.06 bits per heavy atom. The van der Waals surface area contributed by atoms with E-state index in [1.54, 1.807) is 24.4 Å². The van der Waals surface area contributed by atoms with E-state index in [1.807, 2.05) is 16.8 Å². The van der Waals surface area contributed by atoms with Crippen LogP contribution in [0.15, 0.2) is 48.7 Å². The van der Waals surface area contributed by atoms with E-state index in [0.29, 0.717) is 12.2 Å². The maximum absolute atomic E-state index is 13.1. The van der Waals surface area contributed by atoms with Crippen LogP contribution in [0.25, 0.3) is 10.9 Å². The predicted octanol–water partition coefficient (Wildman–Crippen LogP) is 3.14. The van der Waals surface area contributed by atoms with E-state index in [4.69, 9.17) is 5.73 Å². The Kier molecular flexibility index (Phi) is 2.48. The van der Waals surface area contributed by atoms with E-state index < -0.39 is 0 Å². The predicted molar refractivity (Wildman–Crippen MR) is 68.0 cm³/mol. The van der Waals surface area contributed by atoms with Gasteiger partial charge in [-0.2, -0.15) is 5.10 Å². The first kappa shape index (κ1) is 10.8. The van der Waals surface area contributed by atoms with Crippen molar-refractivity contribution in [3.05, 3.63) is 60.0 Å². The molecule has 4 heteroatoms. The molecule has 0 bridgehead atoms. The summed E-state index contributed by atoms with van der Waals surface area (Å²) in [7, 11) is 0. The number of nitrogens with zero attached hydrogens (tertiary/aromatic N) is 2. The van der Waals surface area contributed by atoms with Crippen LogP contribution in [0.2, 0.25) is 0 Å². The second kappa shape index (κ2) is 4.14. The molecule has 1 radical (unpaired) electrons. The van der Waals surface area contributed by atoms with Crippen molar-refractivity contribution in [1.29, 1.82) is 0 Å². The van der Waals surface area contributed by atoms with Gasteiger partial charge in [-0.05, 0) is 35.9 Å². The Labute approximate surface area is 104 Å². The molecule has 3 nitrogen and oxygen atoms in total. The van der Waals surface area contributed by atoms with Crippen molar-refractivity contribution < 1.29 is 4.39 Å². The minimum Gasteiger partial charge on any atom is -0.301 e. The molecule has 0 fully saturated rings. The molecule has 3 aromatic rings. The minimum absolute atomic E-state index is 0.239. The van der Waals surface area contributed by atoms with E-state index in [9.17, 15) is 4.39 Å². The molecule has 0 aliphatic rings. The molecule has 0 spiro atoms. The van der Waals surface area contributed by atoms with Crippen LogP contribution < -0.4 is 5.73 Å². The monoisotopic (exact) mass is 240 g/mol. The summed E-state index contributed by atoms with van der Waals surface area (Å²) in [6, 6.07) is 11.9. The molecule has 1 N–H and O–H groups in total. The average molecular weight is 240 g/mol. The first-order valence-corrected chi connectivity index (χ1v) is 5.64. The van der Waals surface area contributed by atoms with E-state index >= 15 is 0 Å². The Hall–Kier alpha value is -2.36. The van der Waals surface area contributed by atoms with Gasteiger partial charge in [-0.3, -0.25) is 4.68 Å². The lowest BCUT2D eigenvalue weighted by Gasteiger charge is -2.04. The normalized spacial score (nSPS) is 10.9. The van der Waals surface area contributed by atoms with Crippen LogP contribution in [-0.2, 0) is 6.54 Å². The van der Waals surface area contributed by atoms with E-state index in [1.165, 1.54) is 12.1 Å². The van der Waals surface area contributed by atoms with Crippen LogP contribution in [0.1, 0.15) is 5.56 Å². The van der Waals surface area contributed by atoms with Gasteiger partial charge in [-0.15, -0.1) is 0 Å². The quantitative estimate of drug-likeness (QED) is 0.678. The lowest BCUT2D eigenvalue weighted by atomic mass is 10.2. The van der Waals surface area contributed by atoms with Gasteiger partial charge in [0.1, 0.15) is 5.82 Å². The summed E-state index contributed by atoms with van der Waals surface area (Å²) < 4.78 is 14.9. The third-order valence-electron chi connectivity index (χ3n) is 2.86. The largest absolute Gasteiger partial charge is 0.301 e. The van der Waals surface area contributed by atoms with E-state index in [-0.39, 0.29) is 5.82 Å². The fourth-order valence-corrected chi connectivity index (χ4v) is 2.02. The van der Waals surface area contributed by atoms with Gasteiger partial charge in [0.05, 0.1) is 23.9 Å². The van der Waals surface area contributed by atoms with Gasteiger partial charge in [0.15, 0.2) is 0 Å².